The van der Waals surface area contributed by atoms with E-state index >= 15 is 0 Å². The van der Waals surface area contributed by atoms with E-state index in [0.29, 0.717) is 0 Å². The van der Waals surface area contributed by atoms with Gasteiger partial charge in [-0.3, -0.25) is 0 Å². The first-order chi connectivity index (χ1) is 10.3. The minimum atomic E-state index is 0.771. The largest absolute Gasteiger partial charge is 0.496 e. The van der Waals surface area contributed by atoms with Gasteiger partial charge in [0.15, 0.2) is 0 Å². The summed E-state index contributed by atoms with van der Waals surface area (Å²) in [6.45, 7) is 0.771. The van der Waals surface area contributed by atoms with Crippen molar-refractivity contribution in [2.75, 3.05) is 7.11 Å². The molecule has 21 heavy (non-hydrogen) atoms. The summed E-state index contributed by atoms with van der Waals surface area (Å²) in [7, 11) is 1.67. The SMILES string of the molecule is COc1ccc(Cn2ccnc2-c2ccccc2)cc1Br. The summed E-state index contributed by atoms with van der Waals surface area (Å²) in [6, 6.07) is 16.3. The molecular weight excluding hydrogens is 328 g/mol. The number of benzene rings is 2. The lowest BCUT2D eigenvalue weighted by Crippen LogP contribution is -2.01. The van der Waals surface area contributed by atoms with Crippen molar-refractivity contribution in [1.82, 2.24) is 9.55 Å². The smallest absolute Gasteiger partial charge is 0.140 e. The number of nitrogens with zero attached hydrogens (tertiary/aromatic N) is 2. The van der Waals surface area contributed by atoms with E-state index < -0.39 is 0 Å². The summed E-state index contributed by atoms with van der Waals surface area (Å²) in [6.07, 6.45) is 3.83. The molecule has 0 aliphatic carbocycles. The Hall–Kier alpha value is -2.07. The number of ether oxygens (including phenoxy) is 1. The Morgan fingerprint density at radius 3 is 2.67 bits per heavy atom. The van der Waals surface area contributed by atoms with Crippen molar-refractivity contribution in [2.45, 2.75) is 6.54 Å². The third-order valence-corrected chi connectivity index (χ3v) is 3.94. The molecular formula is C17H15BrN2O. The Morgan fingerprint density at radius 1 is 1.14 bits per heavy atom. The number of methoxy groups -OCH3 is 1. The molecule has 0 spiro atoms. The van der Waals surface area contributed by atoms with Gasteiger partial charge in [-0.05, 0) is 33.6 Å². The summed E-state index contributed by atoms with van der Waals surface area (Å²) >= 11 is 3.52. The highest BCUT2D eigenvalue weighted by atomic mass is 79.9. The van der Waals surface area contributed by atoms with Gasteiger partial charge in [0.25, 0.3) is 0 Å². The van der Waals surface area contributed by atoms with Gasteiger partial charge < -0.3 is 9.30 Å². The third kappa shape index (κ3) is 3.00. The second-order valence-corrected chi connectivity index (χ2v) is 5.57. The Balaban J connectivity index is 1.90. The van der Waals surface area contributed by atoms with E-state index in [-0.39, 0.29) is 0 Å². The van der Waals surface area contributed by atoms with Crippen LogP contribution in [0.3, 0.4) is 0 Å². The van der Waals surface area contributed by atoms with Crippen LogP contribution in [0.5, 0.6) is 5.75 Å². The van der Waals surface area contributed by atoms with Crippen LogP contribution in [-0.4, -0.2) is 16.7 Å². The van der Waals surface area contributed by atoms with Gasteiger partial charge in [0.2, 0.25) is 0 Å². The molecule has 0 atom stereocenters. The van der Waals surface area contributed by atoms with Crippen LogP contribution in [0, 0.1) is 0 Å². The standard InChI is InChI=1S/C17H15BrN2O/c1-21-16-8-7-13(11-15(16)18)12-20-10-9-19-17(20)14-5-3-2-4-6-14/h2-11H,12H2,1H3. The Labute approximate surface area is 132 Å². The normalized spacial score (nSPS) is 10.6. The molecule has 3 rings (SSSR count). The number of imidazole rings is 1. The fraction of sp³-hybridized carbons (Fsp3) is 0.118. The molecule has 0 unspecified atom stereocenters. The molecule has 0 saturated heterocycles. The molecule has 0 fully saturated rings. The highest BCUT2D eigenvalue weighted by molar-refractivity contribution is 9.10. The van der Waals surface area contributed by atoms with E-state index in [2.05, 4.69) is 49.7 Å². The first-order valence-electron chi connectivity index (χ1n) is 6.67. The summed E-state index contributed by atoms with van der Waals surface area (Å²) in [5.41, 5.74) is 2.31. The van der Waals surface area contributed by atoms with Crippen molar-refractivity contribution in [3.63, 3.8) is 0 Å². The van der Waals surface area contributed by atoms with E-state index in [4.69, 9.17) is 4.74 Å². The summed E-state index contributed by atoms with van der Waals surface area (Å²) in [5, 5.41) is 0. The van der Waals surface area contributed by atoms with Gasteiger partial charge in [-0.1, -0.05) is 36.4 Å². The number of rotatable bonds is 4. The summed E-state index contributed by atoms with van der Waals surface area (Å²) < 4.78 is 8.37. The van der Waals surface area contributed by atoms with Crippen LogP contribution in [0.25, 0.3) is 11.4 Å². The lowest BCUT2D eigenvalue weighted by atomic mass is 10.2. The molecule has 0 aliphatic heterocycles. The zero-order valence-electron chi connectivity index (χ0n) is 11.7. The summed E-state index contributed by atoms with van der Waals surface area (Å²) in [5.74, 6) is 1.82. The van der Waals surface area contributed by atoms with Gasteiger partial charge in [-0.2, -0.15) is 0 Å². The van der Waals surface area contributed by atoms with Gasteiger partial charge in [0.1, 0.15) is 11.6 Å². The van der Waals surface area contributed by atoms with E-state index in [9.17, 15) is 0 Å². The number of hydrogen-bond acceptors (Lipinski definition) is 2. The zero-order valence-corrected chi connectivity index (χ0v) is 13.2. The van der Waals surface area contributed by atoms with Crippen LogP contribution in [0.4, 0.5) is 0 Å². The van der Waals surface area contributed by atoms with Crippen LogP contribution in [-0.2, 0) is 6.54 Å². The molecule has 3 aromatic rings. The highest BCUT2D eigenvalue weighted by Gasteiger charge is 2.07. The molecule has 0 saturated carbocycles. The number of hydrogen-bond donors (Lipinski definition) is 0. The van der Waals surface area contributed by atoms with Gasteiger partial charge in [-0.25, -0.2) is 4.98 Å². The van der Waals surface area contributed by atoms with E-state index in [1.807, 2.05) is 36.7 Å². The van der Waals surface area contributed by atoms with Gasteiger partial charge >= 0.3 is 0 Å². The molecule has 106 valence electrons. The van der Waals surface area contributed by atoms with Crippen molar-refractivity contribution in [3.8, 4) is 17.1 Å². The minimum Gasteiger partial charge on any atom is -0.496 e. The first-order valence-corrected chi connectivity index (χ1v) is 7.46. The maximum absolute atomic E-state index is 5.26. The van der Waals surface area contributed by atoms with Crippen LogP contribution in [0.1, 0.15) is 5.56 Å². The third-order valence-electron chi connectivity index (χ3n) is 3.32. The molecule has 0 amide bonds. The Kier molecular flexibility index (Phi) is 4.06. The van der Waals surface area contributed by atoms with Crippen molar-refractivity contribution < 1.29 is 4.74 Å². The average molecular weight is 343 g/mol. The average Bonchev–Trinajstić information content (AvgIpc) is 2.96. The van der Waals surface area contributed by atoms with E-state index in [0.717, 1.165) is 28.2 Å². The predicted octanol–water partition coefficient (Wildman–Crippen LogP) is 4.37. The van der Waals surface area contributed by atoms with Gasteiger partial charge in [0.05, 0.1) is 11.6 Å². The fourth-order valence-corrected chi connectivity index (χ4v) is 2.88. The Bertz CT molecular complexity index is 738. The molecule has 2 aromatic carbocycles. The van der Waals surface area contributed by atoms with E-state index in [1.165, 1.54) is 5.56 Å². The predicted molar refractivity (Wildman–Crippen MR) is 87.5 cm³/mol. The fourth-order valence-electron chi connectivity index (χ4n) is 2.29. The lowest BCUT2D eigenvalue weighted by molar-refractivity contribution is 0.412. The highest BCUT2D eigenvalue weighted by Crippen LogP contribution is 2.26. The van der Waals surface area contributed by atoms with Crippen LogP contribution >= 0.6 is 15.9 Å². The molecule has 1 aromatic heterocycles. The molecule has 0 N–H and O–H groups in total. The maximum Gasteiger partial charge on any atom is 0.140 e. The molecule has 1 heterocycles. The van der Waals surface area contributed by atoms with Crippen molar-refractivity contribution in [1.29, 1.82) is 0 Å². The number of aromatic nitrogens is 2. The number of halogens is 1. The monoisotopic (exact) mass is 342 g/mol. The molecule has 0 bridgehead atoms. The quantitative estimate of drug-likeness (QED) is 0.703. The Morgan fingerprint density at radius 2 is 1.95 bits per heavy atom. The van der Waals surface area contributed by atoms with Crippen molar-refractivity contribution >= 4 is 15.9 Å². The molecule has 3 nitrogen and oxygen atoms in total. The van der Waals surface area contributed by atoms with Crippen molar-refractivity contribution in [2.24, 2.45) is 0 Å². The minimum absolute atomic E-state index is 0.771. The van der Waals surface area contributed by atoms with Gasteiger partial charge in [0, 0.05) is 24.5 Å². The molecule has 0 radical (unpaired) electrons. The van der Waals surface area contributed by atoms with Crippen LogP contribution in [0.2, 0.25) is 0 Å². The topological polar surface area (TPSA) is 27.1 Å². The molecule has 0 aliphatic rings. The van der Waals surface area contributed by atoms with E-state index in [1.54, 1.807) is 7.11 Å². The maximum atomic E-state index is 5.26. The van der Waals surface area contributed by atoms with Crippen LogP contribution < -0.4 is 4.74 Å². The van der Waals surface area contributed by atoms with Crippen LogP contribution in [0.15, 0.2) is 65.4 Å². The van der Waals surface area contributed by atoms with Gasteiger partial charge in [-0.15, -0.1) is 0 Å². The first kappa shape index (κ1) is 13.9. The second-order valence-electron chi connectivity index (χ2n) is 4.71. The van der Waals surface area contributed by atoms with Crippen molar-refractivity contribution in [3.05, 3.63) is 71.0 Å². The summed E-state index contributed by atoms with van der Waals surface area (Å²) in [4.78, 5) is 4.47. The lowest BCUT2D eigenvalue weighted by Gasteiger charge is -2.10. The second kappa shape index (κ2) is 6.14. The molecule has 4 heteroatoms. The zero-order chi connectivity index (χ0) is 14.7.